The number of aliphatic carboxylic acids is 1. The number of carboxylic acids is 1. The van der Waals surface area contributed by atoms with E-state index in [1.807, 2.05) is 12.2 Å². The number of fused-ring (bicyclic) bond motifs is 1. The van der Waals surface area contributed by atoms with Crippen LogP contribution in [0.5, 0.6) is 0 Å². The van der Waals surface area contributed by atoms with E-state index in [0.29, 0.717) is 11.8 Å². The predicted octanol–water partition coefficient (Wildman–Crippen LogP) is 5.87. The molecule has 2 rings (SSSR count). The minimum atomic E-state index is -0.950. The third-order valence-electron chi connectivity index (χ3n) is 6.56. The average molecular weight is 397 g/mol. The maximum atomic E-state index is 10.9. The lowest BCUT2D eigenvalue weighted by Crippen LogP contribution is -2.38. The zero-order chi connectivity index (χ0) is 21.6. The lowest BCUT2D eigenvalue weighted by Gasteiger charge is -2.44. The molecule has 6 atom stereocenters. The molecule has 0 heterocycles. The van der Waals surface area contributed by atoms with Crippen molar-refractivity contribution < 1.29 is 15.0 Å². The number of hydrogen-bond donors (Lipinski definition) is 2. The highest BCUT2D eigenvalue weighted by atomic mass is 16.4. The minimum absolute atomic E-state index is 0.131. The van der Waals surface area contributed by atoms with Crippen LogP contribution < -0.4 is 0 Å². The van der Waals surface area contributed by atoms with Gasteiger partial charge in [0.05, 0.1) is 6.10 Å². The Labute approximate surface area is 175 Å². The molecule has 0 aromatic rings. The summed E-state index contributed by atoms with van der Waals surface area (Å²) in [5.74, 6) is 0.657. The Morgan fingerprint density at radius 1 is 1.28 bits per heavy atom. The SMILES string of the molecule is C=C([C@@H]1C(C)=C[C@@H]2CC(C)=CC[C@H]2[C@@H]1/C=C/C=C/C=C/C(=O)O)[C@H](O)[C@H](C)CC. The Bertz CT molecular complexity index is 750. The fourth-order valence-corrected chi connectivity index (χ4v) is 4.76. The van der Waals surface area contributed by atoms with Crippen LogP contribution in [0.1, 0.15) is 47.0 Å². The van der Waals surface area contributed by atoms with Crippen molar-refractivity contribution in [2.75, 3.05) is 0 Å². The van der Waals surface area contributed by atoms with Crippen LogP contribution in [0.15, 0.2) is 71.9 Å². The second kappa shape index (κ2) is 10.6. The summed E-state index contributed by atoms with van der Waals surface area (Å²) >= 11 is 0. The summed E-state index contributed by atoms with van der Waals surface area (Å²) in [6, 6.07) is 0. The monoisotopic (exact) mass is 396 g/mol. The molecule has 0 saturated carbocycles. The van der Waals surface area contributed by atoms with Gasteiger partial charge in [0.15, 0.2) is 0 Å². The molecule has 0 aromatic carbocycles. The van der Waals surface area contributed by atoms with E-state index in [1.165, 1.54) is 17.2 Å². The molecule has 29 heavy (non-hydrogen) atoms. The van der Waals surface area contributed by atoms with Crippen LogP contribution >= 0.6 is 0 Å². The summed E-state index contributed by atoms with van der Waals surface area (Å²) < 4.78 is 0. The second-order valence-electron chi connectivity index (χ2n) is 8.66. The van der Waals surface area contributed by atoms with E-state index in [2.05, 4.69) is 52.5 Å². The summed E-state index contributed by atoms with van der Waals surface area (Å²) in [6.45, 7) is 12.9. The van der Waals surface area contributed by atoms with Gasteiger partial charge in [-0.3, -0.25) is 0 Å². The van der Waals surface area contributed by atoms with Gasteiger partial charge in [-0.25, -0.2) is 4.79 Å². The van der Waals surface area contributed by atoms with Crippen LogP contribution in [-0.4, -0.2) is 22.3 Å². The van der Waals surface area contributed by atoms with Gasteiger partial charge in [0.1, 0.15) is 0 Å². The Morgan fingerprint density at radius 3 is 2.62 bits per heavy atom. The van der Waals surface area contributed by atoms with Gasteiger partial charge in [-0.1, -0.05) is 80.5 Å². The van der Waals surface area contributed by atoms with Crippen molar-refractivity contribution >= 4 is 5.97 Å². The number of aliphatic hydroxyl groups excluding tert-OH is 1. The smallest absolute Gasteiger partial charge is 0.328 e. The molecule has 2 N–H and O–H groups in total. The first kappa shape index (κ1) is 23.2. The summed E-state index contributed by atoms with van der Waals surface area (Å²) in [5, 5.41) is 19.5. The molecule has 2 aliphatic carbocycles. The topological polar surface area (TPSA) is 57.5 Å². The Morgan fingerprint density at radius 2 is 1.97 bits per heavy atom. The van der Waals surface area contributed by atoms with E-state index in [0.717, 1.165) is 30.9 Å². The molecule has 0 saturated heterocycles. The first-order valence-corrected chi connectivity index (χ1v) is 10.7. The number of carboxylic acid groups (broad SMARTS) is 1. The third-order valence-corrected chi connectivity index (χ3v) is 6.56. The zero-order valence-corrected chi connectivity index (χ0v) is 18.2. The standard InChI is InChI=1S/C26H36O3/c1-6-18(3)26(29)20(5)25-19(4)16-21-15-17(2)13-14-22(21)23(25)11-9-7-8-10-12-24(27)28/h7-13,16,18,21-23,25-26,29H,5-6,14-15H2,1-4H3,(H,27,28)/b8-7+,11-9+,12-10+/t18-,21+,22-,23+,25+,26-/m1/s1. The van der Waals surface area contributed by atoms with Crippen molar-refractivity contribution in [1.29, 1.82) is 0 Å². The molecule has 0 fully saturated rings. The molecule has 158 valence electrons. The number of hydrogen-bond acceptors (Lipinski definition) is 2. The normalized spacial score (nSPS) is 29.6. The maximum Gasteiger partial charge on any atom is 0.328 e. The second-order valence-corrected chi connectivity index (χ2v) is 8.66. The van der Waals surface area contributed by atoms with Gasteiger partial charge in [0.25, 0.3) is 0 Å². The lowest BCUT2D eigenvalue weighted by molar-refractivity contribution is -0.131. The Hall–Kier alpha value is -2.13. The van der Waals surface area contributed by atoms with Crippen molar-refractivity contribution in [3.63, 3.8) is 0 Å². The van der Waals surface area contributed by atoms with E-state index >= 15 is 0 Å². The predicted molar refractivity (Wildman–Crippen MR) is 120 cm³/mol. The summed E-state index contributed by atoms with van der Waals surface area (Å²) in [6.07, 6.45) is 17.8. The summed E-state index contributed by atoms with van der Waals surface area (Å²) in [4.78, 5) is 10.6. The fourth-order valence-electron chi connectivity index (χ4n) is 4.76. The van der Waals surface area contributed by atoms with Crippen molar-refractivity contribution in [3.05, 3.63) is 71.9 Å². The molecule has 0 amide bonds. The van der Waals surface area contributed by atoms with E-state index < -0.39 is 12.1 Å². The number of aliphatic hydroxyl groups is 1. The quantitative estimate of drug-likeness (QED) is 0.306. The number of allylic oxidation sites excluding steroid dienone is 9. The van der Waals surface area contributed by atoms with E-state index in [9.17, 15) is 9.90 Å². The molecule has 3 nitrogen and oxygen atoms in total. The van der Waals surface area contributed by atoms with Gasteiger partial charge in [-0.05, 0) is 55.9 Å². The zero-order valence-electron chi connectivity index (χ0n) is 18.2. The van der Waals surface area contributed by atoms with Gasteiger partial charge in [0.2, 0.25) is 0 Å². The first-order chi connectivity index (χ1) is 13.8. The van der Waals surface area contributed by atoms with Crippen molar-refractivity contribution in [2.45, 2.75) is 53.1 Å². The highest BCUT2D eigenvalue weighted by molar-refractivity contribution is 5.80. The van der Waals surface area contributed by atoms with Crippen LogP contribution in [0.3, 0.4) is 0 Å². The van der Waals surface area contributed by atoms with E-state index in [-0.39, 0.29) is 17.8 Å². The summed E-state index contributed by atoms with van der Waals surface area (Å²) in [5.41, 5.74) is 3.67. The largest absolute Gasteiger partial charge is 0.478 e. The van der Waals surface area contributed by atoms with Crippen LogP contribution in [0.4, 0.5) is 0 Å². The fraction of sp³-hybridized carbons (Fsp3) is 0.500. The van der Waals surface area contributed by atoms with E-state index in [4.69, 9.17) is 5.11 Å². The van der Waals surface area contributed by atoms with Gasteiger partial charge in [0, 0.05) is 12.0 Å². The molecule has 0 bridgehead atoms. The average Bonchev–Trinajstić information content (AvgIpc) is 2.68. The molecular weight excluding hydrogens is 360 g/mol. The van der Waals surface area contributed by atoms with Gasteiger partial charge in [-0.15, -0.1) is 0 Å². The third kappa shape index (κ3) is 5.93. The molecule has 0 aromatic heterocycles. The van der Waals surface area contributed by atoms with Crippen LogP contribution in [-0.2, 0) is 4.79 Å². The first-order valence-electron chi connectivity index (χ1n) is 10.7. The molecule has 0 aliphatic heterocycles. The van der Waals surface area contributed by atoms with Crippen LogP contribution in [0, 0.1) is 29.6 Å². The maximum absolute atomic E-state index is 10.9. The highest BCUT2D eigenvalue weighted by Gasteiger charge is 2.40. The number of carbonyl (C=O) groups is 1. The molecular formula is C26H36O3. The molecule has 0 radical (unpaired) electrons. The van der Waals surface area contributed by atoms with Crippen molar-refractivity contribution in [1.82, 2.24) is 0 Å². The van der Waals surface area contributed by atoms with E-state index in [1.54, 1.807) is 6.08 Å². The number of rotatable bonds is 8. The van der Waals surface area contributed by atoms with Crippen molar-refractivity contribution in [3.8, 4) is 0 Å². The highest BCUT2D eigenvalue weighted by Crippen LogP contribution is 2.48. The lowest BCUT2D eigenvalue weighted by atomic mass is 9.60. The van der Waals surface area contributed by atoms with Crippen LogP contribution in [0.2, 0.25) is 0 Å². The van der Waals surface area contributed by atoms with Gasteiger partial charge >= 0.3 is 5.97 Å². The Balaban J connectivity index is 2.32. The molecule has 2 aliphatic rings. The Kier molecular flexibility index (Phi) is 8.45. The summed E-state index contributed by atoms with van der Waals surface area (Å²) in [7, 11) is 0. The van der Waals surface area contributed by atoms with Gasteiger partial charge < -0.3 is 10.2 Å². The van der Waals surface area contributed by atoms with Gasteiger partial charge in [-0.2, -0.15) is 0 Å². The molecule has 0 spiro atoms. The van der Waals surface area contributed by atoms with Crippen LogP contribution in [0.25, 0.3) is 0 Å². The molecule has 0 unspecified atom stereocenters. The van der Waals surface area contributed by atoms with Crippen molar-refractivity contribution in [2.24, 2.45) is 29.6 Å². The molecule has 3 heteroatoms. The minimum Gasteiger partial charge on any atom is -0.478 e.